The smallest absolute Gasteiger partial charge is 0.167 e. The summed E-state index contributed by atoms with van der Waals surface area (Å²) in [5, 5.41) is 14.5. The second kappa shape index (κ2) is 2.58. The second-order valence-corrected chi connectivity index (χ2v) is 4.10. The van der Waals surface area contributed by atoms with Crippen LogP contribution in [0.15, 0.2) is 28.9 Å². The van der Waals surface area contributed by atoms with Crippen molar-refractivity contribution in [1.29, 1.82) is 0 Å². The molecule has 1 N–H and O–H groups in total. The van der Waals surface area contributed by atoms with E-state index in [1.165, 1.54) is 0 Å². The average molecular weight is 189 g/mol. The van der Waals surface area contributed by atoms with Crippen molar-refractivity contribution in [1.82, 2.24) is 5.16 Å². The van der Waals surface area contributed by atoms with Crippen LogP contribution in [-0.2, 0) is 6.42 Å². The summed E-state index contributed by atoms with van der Waals surface area (Å²) in [7, 11) is 0. The van der Waals surface area contributed by atoms with Crippen LogP contribution in [0, 0.1) is 0 Å². The van der Waals surface area contributed by atoms with E-state index >= 15 is 0 Å². The first kappa shape index (κ1) is 8.00. The molecule has 1 fully saturated rings. The molecule has 14 heavy (non-hydrogen) atoms. The second-order valence-electron chi connectivity index (χ2n) is 4.10. The van der Waals surface area contributed by atoms with Crippen molar-refractivity contribution < 1.29 is 9.63 Å². The normalized spacial score (nSPS) is 18.6. The van der Waals surface area contributed by atoms with Gasteiger partial charge in [0, 0.05) is 11.8 Å². The van der Waals surface area contributed by atoms with Gasteiger partial charge in [0.25, 0.3) is 0 Å². The van der Waals surface area contributed by atoms with Crippen molar-refractivity contribution in [2.75, 3.05) is 0 Å². The summed E-state index contributed by atoms with van der Waals surface area (Å²) < 4.78 is 5.06. The lowest BCUT2D eigenvalue weighted by molar-refractivity contribution is 0.151. The molecule has 0 saturated heterocycles. The molecular formula is C11H11NO2. The van der Waals surface area contributed by atoms with Crippen LogP contribution in [0.4, 0.5) is 0 Å². The molecule has 1 heterocycles. The quantitative estimate of drug-likeness (QED) is 0.784. The van der Waals surface area contributed by atoms with E-state index in [2.05, 4.69) is 5.16 Å². The monoisotopic (exact) mass is 189 g/mol. The van der Waals surface area contributed by atoms with E-state index in [0.29, 0.717) is 0 Å². The molecule has 0 atom stereocenters. The molecule has 0 radical (unpaired) electrons. The third-order valence-corrected chi connectivity index (χ3v) is 2.78. The lowest BCUT2D eigenvalue weighted by atomic mass is 10.1. The van der Waals surface area contributed by atoms with E-state index in [4.69, 9.17) is 4.52 Å². The zero-order chi connectivity index (χ0) is 9.60. The Morgan fingerprint density at radius 2 is 2.29 bits per heavy atom. The highest BCUT2D eigenvalue weighted by Gasteiger charge is 2.40. The molecular weight excluding hydrogens is 178 g/mol. The number of rotatable bonds is 2. The Morgan fingerprint density at radius 3 is 3.07 bits per heavy atom. The minimum absolute atomic E-state index is 0.437. The topological polar surface area (TPSA) is 46.3 Å². The van der Waals surface area contributed by atoms with Crippen LogP contribution in [-0.4, -0.2) is 15.9 Å². The van der Waals surface area contributed by atoms with Gasteiger partial charge in [-0.2, -0.15) is 0 Å². The number of benzene rings is 1. The van der Waals surface area contributed by atoms with Gasteiger partial charge >= 0.3 is 0 Å². The van der Waals surface area contributed by atoms with Crippen LogP contribution < -0.4 is 0 Å². The van der Waals surface area contributed by atoms with Gasteiger partial charge in [0.1, 0.15) is 0 Å². The van der Waals surface area contributed by atoms with Gasteiger partial charge in [0.05, 0.1) is 11.8 Å². The van der Waals surface area contributed by atoms with E-state index in [0.717, 1.165) is 35.8 Å². The summed E-state index contributed by atoms with van der Waals surface area (Å²) in [6.45, 7) is 0. The molecule has 72 valence electrons. The highest BCUT2D eigenvalue weighted by molar-refractivity contribution is 5.76. The fourth-order valence-corrected chi connectivity index (χ4v) is 1.72. The Balaban J connectivity index is 1.97. The standard InChI is InChI=1S/C11H11NO2/c13-11(3-4-11)6-8-1-2-9-7-12-14-10(9)5-8/h1-2,5,7,13H,3-4,6H2. The molecule has 1 aromatic heterocycles. The van der Waals surface area contributed by atoms with Crippen LogP contribution in [0.5, 0.6) is 0 Å². The summed E-state index contributed by atoms with van der Waals surface area (Å²) in [4.78, 5) is 0. The van der Waals surface area contributed by atoms with Crippen molar-refractivity contribution >= 4 is 11.0 Å². The van der Waals surface area contributed by atoms with Gasteiger partial charge in [-0.1, -0.05) is 11.2 Å². The van der Waals surface area contributed by atoms with Crippen molar-refractivity contribution in [3.05, 3.63) is 30.0 Å². The highest BCUT2D eigenvalue weighted by atomic mass is 16.5. The predicted molar refractivity (Wildman–Crippen MR) is 51.9 cm³/mol. The fourth-order valence-electron chi connectivity index (χ4n) is 1.72. The molecule has 1 aliphatic carbocycles. The number of aliphatic hydroxyl groups is 1. The minimum atomic E-state index is -0.437. The minimum Gasteiger partial charge on any atom is -0.390 e. The molecule has 1 aromatic carbocycles. The molecule has 0 unspecified atom stereocenters. The number of hydrogen-bond donors (Lipinski definition) is 1. The summed E-state index contributed by atoms with van der Waals surface area (Å²) in [6.07, 6.45) is 4.26. The summed E-state index contributed by atoms with van der Waals surface area (Å²) in [5.41, 5.74) is 1.48. The Kier molecular flexibility index (Phi) is 1.47. The first-order valence-electron chi connectivity index (χ1n) is 4.81. The summed E-state index contributed by atoms with van der Waals surface area (Å²) >= 11 is 0. The lowest BCUT2D eigenvalue weighted by Gasteiger charge is -2.06. The molecule has 3 heteroatoms. The molecule has 0 aliphatic heterocycles. The predicted octanol–water partition coefficient (Wildman–Crippen LogP) is 1.90. The molecule has 0 spiro atoms. The lowest BCUT2D eigenvalue weighted by Crippen LogP contribution is -2.10. The van der Waals surface area contributed by atoms with Gasteiger partial charge in [-0.05, 0) is 30.5 Å². The van der Waals surface area contributed by atoms with Gasteiger partial charge in [-0.3, -0.25) is 0 Å². The highest BCUT2D eigenvalue weighted by Crippen LogP contribution is 2.38. The van der Waals surface area contributed by atoms with Gasteiger partial charge in [-0.25, -0.2) is 0 Å². The van der Waals surface area contributed by atoms with Crippen LogP contribution in [0.1, 0.15) is 18.4 Å². The van der Waals surface area contributed by atoms with E-state index < -0.39 is 5.60 Å². The Hall–Kier alpha value is -1.35. The Bertz CT molecular complexity index is 471. The summed E-state index contributed by atoms with van der Waals surface area (Å²) in [5.74, 6) is 0. The van der Waals surface area contributed by atoms with Gasteiger partial charge in [0.15, 0.2) is 5.58 Å². The van der Waals surface area contributed by atoms with Crippen molar-refractivity contribution in [3.8, 4) is 0 Å². The zero-order valence-corrected chi connectivity index (χ0v) is 7.73. The van der Waals surface area contributed by atoms with Crippen molar-refractivity contribution in [2.45, 2.75) is 24.9 Å². The van der Waals surface area contributed by atoms with E-state index in [1.54, 1.807) is 6.20 Å². The van der Waals surface area contributed by atoms with Gasteiger partial charge in [0.2, 0.25) is 0 Å². The fraction of sp³-hybridized carbons (Fsp3) is 0.364. The number of nitrogens with zero attached hydrogens (tertiary/aromatic N) is 1. The molecule has 2 aromatic rings. The number of fused-ring (bicyclic) bond motifs is 1. The first-order chi connectivity index (χ1) is 6.75. The Morgan fingerprint density at radius 1 is 1.43 bits per heavy atom. The number of aromatic nitrogens is 1. The van der Waals surface area contributed by atoms with Gasteiger partial charge < -0.3 is 9.63 Å². The maximum absolute atomic E-state index is 9.76. The maximum atomic E-state index is 9.76. The first-order valence-corrected chi connectivity index (χ1v) is 4.81. The molecule has 3 rings (SSSR count). The average Bonchev–Trinajstić information content (AvgIpc) is 2.73. The van der Waals surface area contributed by atoms with E-state index in [1.807, 2.05) is 18.2 Å². The third kappa shape index (κ3) is 1.30. The van der Waals surface area contributed by atoms with E-state index in [-0.39, 0.29) is 0 Å². The van der Waals surface area contributed by atoms with Crippen LogP contribution >= 0.6 is 0 Å². The molecule has 1 saturated carbocycles. The maximum Gasteiger partial charge on any atom is 0.167 e. The molecule has 1 aliphatic rings. The molecule has 0 bridgehead atoms. The number of hydrogen-bond acceptors (Lipinski definition) is 3. The van der Waals surface area contributed by atoms with Gasteiger partial charge in [-0.15, -0.1) is 0 Å². The molecule has 3 nitrogen and oxygen atoms in total. The van der Waals surface area contributed by atoms with Crippen molar-refractivity contribution in [2.24, 2.45) is 0 Å². The van der Waals surface area contributed by atoms with Crippen LogP contribution in [0.3, 0.4) is 0 Å². The zero-order valence-electron chi connectivity index (χ0n) is 7.73. The van der Waals surface area contributed by atoms with Crippen LogP contribution in [0.25, 0.3) is 11.0 Å². The van der Waals surface area contributed by atoms with Crippen LogP contribution in [0.2, 0.25) is 0 Å². The Labute approximate surface area is 81.3 Å². The molecule has 0 amide bonds. The third-order valence-electron chi connectivity index (χ3n) is 2.78. The SMILES string of the molecule is OC1(Cc2ccc3cnoc3c2)CC1. The summed E-state index contributed by atoms with van der Waals surface area (Å²) in [6, 6.07) is 5.96. The largest absolute Gasteiger partial charge is 0.390 e. The van der Waals surface area contributed by atoms with E-state index in [9.17, 15) is 5.11 Å². The van der Waals surface area contributed by atoms with Crippen molar-refractivity contribution in [3.63, 3.8) is 0 Å².